The second-order valence-corrected chi connectivity index (χ2v) is 4.89. The lowest BCUT2D eigenvalue weighted by atomic mass is 10.1. The van der Waals surface area contributed by atoms with Crippen LogP contribution in [-0.2, 0) is 6.18 Å². The van der Waals surface area contributed by atoms with Crippen molar-refractivity contribution in [3.63, 3.8) is 0 Å². The van der Waals surface area contributed by atoms with E-state index in [1.807, 2.05) is 0 Å². The van der Waals surface area contributed by atoms with Gasteiger partial charge in [0.1, 0.15) is 17.1 Å². The number of benzene rings is 1. The first kappa shape index (κ1) is 13.8. The molecule has 0 saturated heterocycles. The van der Waals surface area contributed by atoms with Gasteiger partial charge in [0.2, 0.25) is 0 Å². The van der Waals surface area contributed by atoms with Gasteiger partial charge in [-0.05, 0) is 36.4 Å². The molecule has 0 aliphatic rings. The van der Waals surface area contributed by atoms with Crippen LogP contribution in [0, 0.1) is 0 Å². The number of rotatable bonds is 1. The molecule has 2 aromatic heterocycles. The molecule has 1 aromatic carbocycles. The number of furan rings is 1. The Morgan fingerprint density at radius 3 is 2.57 bits per heavy atom. The fraction of sp³-hybridized carbons (Fsp3) is 0.0714. The molecule has 2 N–H and O–H groups in total. The first-order valence-electron chi connectivity index (χ1n) is 5.87. The van der Waals surface area contributed by atoms with Crippen molar-refractivity contribution in [1.29, 1.82) is 0 Å². The monoisotopic (exact) mass is 312 g/mol. The van der Waals surface area contributed by atoms with E-state index in [0.29, 0.717) is 16.0 Å². The zero-order valence-electron chi connectivity index (χ0n) is 10.4. The van der Waals surface area contributed by atoms with E-state index >= 15 is 0 Å². The maximum Gasteiger partial charge on any atom is 0.416 e. The van der Waals surface area contributed by atoms with Crippen LogP contribution in [0.25, 0.3) is 22.4 Å². The molecular formula is C14H8ClF3N2O. The molecule has 0 aliphatic carbocycles. The van der Waals surface area contributed by atoms with Gasteiger partial charge in [-0.2, -0.15) is 13.2 Å². The minimum atomic E-state index is -4.50. The van der Waals surface area contributed by atoms with Gasteiger partial charge < -0.3 is 10.2 Å². The van der Waals surface area contributed by atoms with Crippen LogP contribution in [-0.4, -0.2) is 4.98 Å². The van der Waals surface area contributed by atoms with Gasteiger partial charge in [0, 0.05) is 10.4 Å². The van der Waals surface area contributed by atoms with Crippen LogP contribution in [0.2, 0.25) is 5.02 Å². The van der Waals surface area contributed by atoms with Gasteiger partial charge in [0.15, 0.2) is 5.76 Å². The SMILES string of the molecule is Nc1cc(C(F)(F)F)cc(-c2cc3cc(Cl)ccc3o2)n1. The highest BCUT2D eigenvalue weighted by Crippen LogP contribution is 2.34. The predicted octanol–water partition coefficient (Wildman–Crippen LogP) is 4.75. The van der Waals surface area contributed by atoms with E-state index in [9.17, 15) is 13.2 Å². The molecule has 7 heteroatoms. The molecule has 0 bridgehead atoms. The molecule has 0 atom stereocenters. The molecule has 0 fully saturated rings. The highest BCUT2D eigenvalue weighted by molar-refractivity contribution is 6.31. The van der Waals surface area contributed by atoms with E-state index in [1.165, 1.54) is 0 Å². The number of fused-ring (bicyclic) bond motifs is 1. The van der Waals surface area contributed by atoms with E-state index in [2.05, 4.69) is 4.98 Å². The smallest absolute Gasteiger partial charge is 0.416 e. The normalized spacial score (nSPS) is 12.0. The van der Waals surface area contributed by atoms with Crippen LogP contribution in [0.3, 0.4) is 0 Å². The van der Waals surface area contributed by atoms with Gasteiger partial charge in [-0.3, -0.25) is 0 Å². The van der Waals surface area contributed by atoms with Crippen LogP contribution < -0.4 is 5.73 Å². The summed E-state index contributed by atoms with van der Waals surface area (Å²) in [5.74, 6) is -0.0246. The topological polar surface area (TPSA) is 52.0 Å². The summed E-state index contributed by atoms with van der Waals surface area (Å²) >= 11 is 5.86. The number of nitrogen functional groups attached to an aromatic ring is 1. The van der Waals surface area contributed by atoms with Crippen molar-refractivity contribution in [2.24, 2.45) is 0 Å². The van der Waals surface area contributed by atoms with E-state index in [-0.39, 0.29) is 17.3 Å². The average Bonchev–Trinajstić information content (AvgIpc) is 2.80. The fourth-order valence-electron chi connectivity index (χ4n) is 1.98. The summed E-state index contributed by atoms with van der Waals surface area (Å²) < 4.78 is 43.9. The van der Waals surface area contributed by atoms with Crippen LogP contribution >= 0.6 is 11.6 Å². The maximum atomic E-state index is 12.8. The maximum absolute atomic E-state index is 12.8. The molecule has 2 heterocycles. The largest absolute Gasteiger partial charge is 0.454 e. The van der Waals surface area contributed by atoms with Gasteiger partial charge in [0.25, 0.3) is 0 Å². The van der Waals surface area contributed by atoms with Crippen LogP contribution in [0.1, 0.15) is 5.56 Å². The molecule has 21 heavy (non-hydrogen) atoms. The Bertz CT molecular complexity index is 827. The van der Waals surface area contributed by atoms with Crippen molar-refractivity contribution >= 4 is 28.4 Å². The quantitative estimate of drug-likeness (QED) is 0.705. The van der Waals surface area contributed by atoms with Crippen molar-refractivity contribution in [3.8, 4) is 11.5 Å². The minimum absolute atomic E-state index is 0.0228. The number of hydrogen-bond acceptors (Lipinski definition) is 3. The van der Waals surface area contributed by atoms with Crippen LogP contribution in [0.15, 0.2) is 40.8 Å². The highest BCUT2D eigenvalue weighted by Gasteiger charge is 2.31. The standard InChI is InChI=1S/C14H8ClF3N2O/c15-9-1-2-11-7(3-9)4-12(21-11)10-5-8(14(16,17)18)6-13(19)20-10/h1-6H,(H2,19,20). The molecule has 0 spiro atoms. The molecule has 0 unspecified atom stereocenters. The van der Waals surface area contributed by atoms with E-state index < -0.39 is 11.7 Å². The Hall–Kier alpha value is -2.21. The Labute approximate surface area is 122 Å². The summed E-state index contributed by atoms with van der Waals surface area (Å²) in [6, 6.07) is 8.17. The third-order valence-electron chi connectivity index (χ3n) is 2.90. The summed E-state index contributed by atoms with van der Waals surface area (Å²) in [4.78, 5) is 3.89. The molecule has 0 saturated carbocycles. The van der Waals surface area contributed by atoms with E-state index in [1.54, 1.807) is 24.3 Å². The fourth-order valence-corrected chi connectivity index (χ4v) is 2.16. The number of aromatic nitrogens is 1. The highest BCUT2D eigenvalue weighted by atomic mass is 35.5. The summed E-state index contributed by atoms with van der Waals surface area (Å²) in [6.45, 7) is 0. The van der Waals surface area contributed by atoms with Crippen molar-refractivity contribution in [2.75, 3.05) is 5.73 Å². The first-order chi connectivity index (χ1) is 9.83. The summed E-state index contributed by atoms with van der Waals surface area (Å²) in [6.07, 6.45) is -4.50. The predicted molar refractivity (Wildman–Crippen MR) is 73.9 cm³/mol. The summed E-state index contributed by atoms with van der Waals surface area (Å²) in [5.41, 5.74) is 5.10. The van der Waals surface area contributed by atoms with Gasteiger partial charge in [0.05, 0.1) is 5.56 Å². The lowest BCUT2D eigenvalue weighted by Gasteiger charge is -2.08. The molecule has 0 aliphatic heterocycles. The van der Waals surface area contributed by atoms with Crippen molar-refractivity contribution in [1.82, 2.24) is 4.98 Å². The number of anilines is 1. The van der Waals surface area contributed by atoms with Crippen molar-refractivity contribution in [3.05, 3.63) is 47.0 Å². The summed E-state index contributed by atoms with van der Waals surface area (Å²) in [5, 5.41) is 1.18. The Balaban J connectivity index is 2.16. The lowest BCUT2D eigenvalue weighted by Crippen LogP contribution is -2.07. The lowest BCUT2D eigenvalue weighted by molar-refractivity contribution is -0.137. The average molecular weight is 313 g/mol. The zero-order valence-corrected chi connectivity index (χ0v) is 11.2. The first-order valence-corrected chi connectivity index (χ1v) is 6.25. The Morgan fingerprint density at radius 2 is 1.86 bits per heavy atom. The third-order valence-corrected chi connectivity index (χ3v) is 3.14. The van der Waals surface area contributed by atoms with E-state index in [4.69, 9.17) is 21.8 Å². The van der Waals surface area contributed by atoms with Gasteiger partial charge in [-0.15, -0.1) is 0 Å². The Morgan fingerprint density at radius 1 is 1.10 bits per heavy atom. The van der Waals surface area contributed by atoms with E-state index in [0.717, 1.165) is 12.1 Å². The van der Waals surface area contributed by atoms with Gasteiger partial charge in [-0.25, -0.2) is 4.98 Å². The summed E-state index contributed by atoms with van der Waals surface area (Å²) in [7, 11) is 0. The van der Waals surface area contributed by atoms with Crippen molar-refractivity contribution in [2.45, 2.75) is 6.18 Å². The molecule has 0 radical (unpaired) electrons. The number of nitrogens with zero attached hydrogens (tertiary/aromatic N) is 1. The van der Waals surface area contributed by atoms with Crippen LogP contribution in [0.5, 0.6) is 0 Å². The van der Waals surface area contributed by atoms with Gasteiger partial charge in [-0.1, -0.05) is 11.6 Å². The number of alkyl halides is 3. The molecule has 0 amide bonds. The van der Waals surface area contributed by atoms with Gasteiger partial charge >= 0.3 is 6.18 Å². The molecule has 3 nitrogen and oxygen atoms in total. The number of hydrogen-bond donors (Lipinski definition) is 1. The molecule has 3 aromatic rings. The van der Waals surface area contributed by atoms with Crippen molar-refractivity contribution < 1.29 is 17.6 Å². The number of halogens is 4. The molecule has 3 rings (SSSR count). The second-order valence-electron chi connectivity index (χ2n) is 4.46. The number of nitrogens with two attached hydrogens (primary N) is 1. The second kappa shape index (κ2) is 4.66. The molecule has 108 valence electrons. The third kappa shape index (κ3) is 2.67. The number of pyridine rings is 1. The molecular weight excluding hydrogens is 305 g/mol. The Kier molecular flexibility index (Phi) is 3.06. The zero-order chi connectivity index (χ0) is 15.2. The van der Waals surface area contributed by atoms with Crippen LogP contribution in [0.4, 0.5) is 19.0 Å². The minimum Gasteiger partial charge on any atom is -0.454 e.